The van der Waals surface area contributed by atoms with E-state index in [2.05, 4.69) is 10.3 Å². The molecule has 2 atom stereocenters. The van der Waals surface area contributed by atoms with Gasteiger partial charge in [-0.3, -0.25) is 14.6 Å². The summed E-state index contributed by atoms with van der Waals surface area (Å²) in [6.45, 7) is 2.20. The van der Waals surface area contributed by atoms with Crippen LogP contribution in [0.25, 0.3) is 0 Å². The van der Waals surface area contributed by atoms with Gasteiger partial charge in [0.25, 0.3) is 0 Å². The summed E-state index contributed by atoms with van der Waals surface area (Å²) in [5.74, 6) is -0.0430. The maximum atomic E-state index is 12.3. The molecule has 2 fully saturated rings. The highest BCUT2D eigenvalue weighted by Gasteiger charge is 2.49. The molecule has 1 aliphatic carbocycles. The molecule has 3 rings (SSSR count). The summed E-state index contributed by atoms with van der Waals surface area (Å²) in [6, 6.07) is 3.78. The normalized spacial score (nSPS) is 24.5. The number of rotatable bonds is 4. The van der Waals surface area contributed by atoms with E-state index >= 15 is 0 Å². The van der Waals surface area contributed by atoms with Crippen LogP contribution in [0.1, 0.15) is 31.2 Å². The Kier molecular flexibility index (Phi) is 4.18. The van der Waals surface area contributed by atoms with E-state index < -0.39 is 0 Å². The number of aromatic nitrogens is 1. The molecular weight excluding hydrogens is 266 g/mol. The van der Waals surface area contributed by atoms with Crippen LogP contribution in [0, 0.1) is 11.8 Å². The van der Waals surface area contributed by atoms with E-state index in [0.717, 1.165) is 31.5 Å². The summed E-state index contributed by atoms with van der Waals surface area (Å²) < 4.78 is 0. The maximum absolute atomic E-state index is 12.3. The van der Waals surface area contributed by atoms with Gasteiger partial charge in [0, 0.05) is 32.0 Å². The van der Waals surface area contributed by atoms with Crippen molar-refractivity contribution < 1.29 is 9.59 Å². The van der Waals surface area contributed by atoms with Crippen molar-refractivity contribution in [3.05, 3.63) is 30.1 Å². The van der Waals surface area contributed by atoms with Gasteiger partial charge in [0.15, 0.2) is 0 Å². The van der Waals surface area contributed by atoms with Gasteiger partial charge >= 0.3 is 0 Å². The highest BCUT2D eigenvalue weighted by molar-refractivity contribution is 5.92. The molecule has 1 N–H and O–H groups in total. The van der Waals surface area contributed by atoms with Crippen LogP contribution >= 0.6 is 0 Å². The van der Waals surface area contributed by atoms with E-state index in [1.54, 1.807) is 12.4 Å². The molecule has 112 valence electrons. The minimum Gasteiger partial charge on any atom is -0.352 e. The fourth-order valence-electron chi connectivity index (χ4n) is 2.93. The van der Waals surface area contributed by atoms with Gasteiger partial charge in [0.2, 0.25) is 11.8 Å². The van der Waals surface area contributed by atoms with Gasteiger partial charge in [-0.1, -0.05) is 6.07 Å². The van der Waals surface area contributed by atoms with Crippen LogP contribution in [-0.2, 0) is 16.1 Å². The Morgan fingerprint density at radius 2 is 2.05 bits per heavy atom. The predicted octanol–water partition coefficient (Wildman–Crippen LogP) is 1.35. The largest absolute Gasteiger partial charge is 0.352 e. The first kappa shape index (κ1) is 14.0. The van der Waals surface area contributed by atoms with Crippen LogP contribution in [0.5, 0.6) is 0 Å². The Balaban J connectivity index is 1.46. The SMILES string of the molecule is O=C(NCc1cccnc1)C1CC1C(=O)N1CCCCC1. The molecular formula is C16H21N3O2. The van der Waals surface area contributed by atoms with Crippen LogP contribution in [0.4, 0.5) is 0 Å². The Morgan fingerprint density at radius 3 is 2.76 bits per heavy atom. The smallest absolute Gasteiger partial charge is 0.226 e. The lowest BCUT2D eigenvalue weighted by atomic mass is 10.1. The summed E-state index contributed by atoms with van der Waals surface area (Å²) in [6.07, 6.45) is 7.55. The van der Waals surface area contributed by atoms with Gasteiger partial charge in [-0.2, -0.15) is 0 Å². The van der Waals surface area contributed by atoms with Gasteiger partial charge < -0.3 is 10.2 Å². The fraction of sp³-hybridized carbons (Fsp3) is 0.562. The first-order valence-corrected chi connectivity index (χ1v) is 7.71. The minimum atomic E-state index is -0.129. The lowest BCUT2D eigenvalue weighted by molar-refractivity contribution is -0.135. The third-order valence-corrected chi connectivity index (χ3v) is 4.30. The number of nitrogens with one attached hydrogen (secondary N) is 1. The Bertz CT molecular complexity index is 512. The summed E-state index contributed by atoms with van der Waals surface area (Å²) in [5.41, 5.74) is 0.977. The number of pyridine rings is 1. The molecule has 1 saturated carbocycles. The number of hydrogen-bond donors (Lipinski definition) is 1. The van der Waals surface area contributed by atoms with E-state index in [0.29, 0.717) is 13.0 Å². The average molecular weight is 287 g/mol. The Hall–Kier alpha value is -1.91. The first-order chi connectivity index (χ1) is 10.3. The molecule has 5 nitrogen and oxygen atoms in total. The first-order valence-electron chi connectivity index (χ1n) is 7.71. The fourth-order valence-corrected chi connectivity index (χ4v) is 2.93. The lowest BCUT2D eigenvalue weighted by Crippen LogP contribution is -2.37. The van der Waals surface area contributed by atoms with Crippen LogP contribution in [0.2, 0.25) is 0 Å². The second-order valence-corrected chi connectivity index (χ2v) is 5.91. The number of hydrogen-bond acceptors (Lipinski definition) is 3. The molecule has 0 spiro atoms. The zero-order valence-electron chi connectivity index (χ0n) is 12.1. The number of piperidine rings is 1. The lowest BCUT2D eigenvalue weighted by Gasteiger charge is -2.26. The van der Waals surface area contributed by atoms with Crippen molar-refractivity contribution in [3.63, 3.8) is 0 Å². The van der Waals surface area contributed by atoms with Crippen molar-refractivity contribution in [1.29, 1.82) is 0 Å². The average Bonchev–Trinajstić information content (AvgIpc) is 3.34. The van der Waals surface area contributed by atoms with E-state index in [4.69, 9.17) is 0 Å². The van der Waals surface area contributed by atoms with E-state index in [-0.39, 0.29) is 23.7 Å². The molecule has 1 aliphatic heterocycles. The Morgan fingerprint density at radius 1 is 1.24 bits per heavy atom. The van der Waals surface area contributed by atoms with Crippen molar-refractivity contribution in [2.45, 2.75) is 32.2 Å². The summed E-state index contributed by atoms with van der Waals surface area (Å²) in [7, 11) is 0. The molecule has 2 aliphatic rings. The van der Waals surface area contributed by atoms with Crippen LogP contribution in [0.3, 0.4) is 0 Å². The van der Waals surface area contributed by atoms with E-state index in [9.17, 15) is 9.59 Å². The minimum absolute atomic E-state index is 0.00536. The molecule has 21 heavy (non-hydrogen) atoms. The maximum Gasteiger partial charge on any atom is 0.226 e. The number of nitrogens with zero attached hydrogens (tertiary/aromatic N) is 2. The topological polar surface area (TPSA) is 62.3 Å². The number of amides is 2. The quantitative estimate of drug-likeness (QED) is 0.909. The van der Waals surface area contributed by atoms with Crippen molar-refractivity contribution in [3.8, 4) is 0 Å². The second kappa shape index (κ2) is 6.24. The summed E-state index contributed by atoms with van der Waals surface area (Å²) in [5, 5.41) is 2.90. The monoisotopic (exact) mass is 287 g/mol. The van der Waals surface area contributed by atoms with Crippen LogP contribution in [0.15, 0.2) is 24.5 Å². The molecule has 0 aromatic carbocycles. The number of carbonyl (C=O) groups excluding carboxylic acids is 2. The molecule has 0 radical (unpaired) electrons. The molecule has 2 unspecified atom stereocenters. The van der Waals surface area contributed by atoms with Gasteiger partial charge in [-0.25, -0.2) is 0 Å². The van der Waals surface area contributed by atoms with Crippen molar-refractivity contribution in [2.24, 2.45) is 11.8 Å². The number of carbonyl (C=O) groups is 2. The molecule has 2 heterocycles. The zero-order valence-corrected chi connectivity index (χ0v) is 12.1. The third kappa shape index (κ3) is 3.40. The van der Waals surface area contributed by atoms with Crippen molar-refractivity contribution in [2.75, 3.05) is 13.1 Å². The zero-order chi connectivity index (χ0) is 14.7. The molecule has 1 aromatic rings. The molecule has 0 bridgehead atoms. The van der Waals surface area contributed by atoms with Crippen LogP contribution < -0.4 is 5.32 Å². The van der Waals surface area contributed by atoms with Gasteiger partial charge in [-0.15, -0.1) is 0 Å². The highest BCUT2D eigenvalue weighted by atomic mass is 16.2. The standard InChI is InChI=1S/C16H21N3O2/c20-15(18-11-12-5-4-6-17-10-12)13-9-14(13)16(21)19-7-2-1-3-8-19/h4-6,10,13-14H,1-3,7-9,11H2,(H,18,20). The highest BCUT2D eigenvalue weighted by Crippen LogP contribution is 2.40. The molecule has 5 heteroatoms. The van der Waals surface area contributed by atoms with Gasteiger partial charge in [-0.05, 0) is 37.3 Å². The van der Waals surface area contributed by atoms with Crippen LogP contribution in [-0.4, -0.2) is 34.8 Å². The summed E-state index contributed by atoms with van der Waals surface area (Å²) in [4.78, 5) is 30.3. The molecule has 1 saturated heterocycles. The number of likely N-dealkylation sites (tertiary alicyclic amines) is 1. The van der Waals surface area contributed by atoms with Crippen molar-refractivity contribution in [1.82, 2.24) is 15.2 Å². The van der Waals surface area contributed by atoms with Gasteiger partial charge in [0.05, 0.1) is 11.8 Å². The second-order valence-electron chi connectivity index (χ2n) is 5.91. The Labute approximate surface area is 124 Å². The van der Waals surface area contributed by atoms with E-state index in [1.807, 2.05) is 17.0 Å². The predicted molar refractivity (Wildman–Crippen MR) is 78.1 cm³/mol. The van der Waals surface area contributed by atoms with Crippen molar-refractivity contribution >= 4 is 11.8 Å². The van der Waals surface area contributed by atoms with Gasteiger partial charge in [0.1, 0.15) is 0 Å². The third-order valence-electron chi connectivity index (χ3n) is 4.30. The molecule has 1 aromatic heterocycles. The van der Waals surface area contributed by atoms with E-state index in [1.165, 1.54) is 6.42 Å². The molecule has 2 amide bonds. The summed E-state index contributed by atoms with van der Waals surface area (Å²) >= 11 is 0.